The number of aryl methyl sites for hydroxylation is 2. The quantitative estimate of drug-likeness (QED) is 0.177. The van der Waals surface area contributed by atoms with Crippen LogP contribution in [-0.2, 0) is 12.8 Å². The number of rotatable bonds is 4. The first-order chi connectivity index (χ1) is 26.7. The summed E-state index contributed by atoms with van der Waals surface area (Å²) < 4.78 is 5.23. The molecule has 0 radical (unpaired) electrons. The minimum Gasteiger partial charge on any atom is -0.289 e. The van der Waals surface area contributed by atoms with E-state index >= 15 is 0 Å². The predicted molar refractivity (Wildman–Crippen MR) is 231 cm³/mol. The normalized spacial score (nSPS) is 12.7. The van der Waals surface area contributed by atoms with E-state index in [4.69, 9.17) is 0 Å². The number of carbonyl (C=O) groups excluding carboxylic acids is 1. The molecular formula is C51H32OS2. The van der Waals surface area contributed by atoms with Crippen molar-refractivity contribution in [3.63, 3.8) is 0 Å². The maximum absolute atomic E-state index is 14.5. The summed E-state index contributed by atoms with van der Waals surface area (Å²) in [5.41, 5.74) is 13.1. The van der Waals surface area contributed by atoms with E-state index in [-0.39, 0.29) is 5.78 Å². The van der Waals surface area contributed by atoms with E-state index in [0.29, 0.717) is 0 Å². The zero-order chi connectivity index (χ0) is 35.8. The third-order valence-electron chi connectivity index (χ3n) is 11.2. The van der Waals surface area contributed by atoms with Gasteiger partial charge in [0.1, 0.15) is 0 Å². The van der Waals surface area contributed by atoms with Crippen molar-refractivity contribution in [2.45, 2.75) is 12.8 Å². The fourth-order valence-corrected chi connectivity index (χ4v) is 10.9. The highest BCUT2D eigenvalue weighted by molar-refractivity contribution is 7.26. The van der Waals surface area contributed by atoms with Crippen molar-refractivity contribution in [2.75, 3.05) is 0 Å². The minimum absolute atomic E-state index is 0.110. The van der Waals surface area contributed by atoms with Crippen molar-refractivity contribution >= 4 is 68.8 Å². The smallest absolute Gasteiger partial charge is 0.193 e. The number of hydrogen-bond donors (Lipinski definition) is 0. The molecule has 3 heteroatoms. The van der Waals surface area contributed by atoms with Crippen LogP contribution < -0.4 is 0 Å². The van der Waals surface area contributed by atoms with Gasteiger partial charge in [-0.1, -0.05) is 133 Å². The second-order valence-corrected chi connectivity index (χ2v) is 16.4. The topological polar surface area (TPSA) is 17.1 Å². The molecule has 0 bridgehead atoms. The lowest BCUT2D eigenvalue weighted by Gasteiger charge is -2.12. The van der Waals surface area contributed by atoms with E-state index in [1.54, 1.807) is 0 Å². The van der Waals surface area contributed by atoms with Gasteiger partial charge >= 0.3 is 0 Å². The lowest BCUT2D eigenvalue weighted by Crippen LogP contribution is -2.05. The lowest BCUT2D eigenvalue weighted by atomic mass is 9.91. The molecule has 1 aliphatic rings. The summed E-state index contributed by atoms with van der Waals surface area (Å²) in [5, 5.41) is 5.21. The van der Waals surface area contributed by atoms with Gasteiger partial charge in [-0.05, 0) is 105 Å². The summed E-state index contributed by atoms with van der Waals surface area (Å²) in [7, 11) is 0. The molecule has 2 heterocycles. The van der Waals surface area contributed by atoms with Crippen molar-refractivity contribution in [1.29, 1.82) is 0 Å². The summed E-state index contributed by atoms with van der Waals surface area (Å²) in [6.45, 7) is 0. The highest BCUT2D eigenvalue weighted by atomic mass is 32.1. The van der Waals surface area contributed by atoms with Crippen LogP contribution in [0.4, 0.5) is 0 Å². The van der Waals surface area contributed by atoms with Gasteiger partial charge in [-0.3, -0.25) is 4.79 Å². The maximum Gasteiger partial charge on any atom is 0.193 e. The SMILES string of the molecule is O=C1c2cc(-c3cccc(-c4cccc5c4sc4ccccc45)c3)ccc2CCc2ccc(-c3cccc(-c4cccc5c4sc4ccccc45)c3)cc21. The van der Waals surface area contributed by atoms with Crippen LogP contribution in [0.25, 0.3) is 84.9 Å². The molecule has 0 aliphatic heterocycles. The standard InChI is InChI=1S/C51H32OS2/c52-49-45-29-35(33-9-5-11-37(27-33)39-15-7-17-43-41-13-1-3-19-47(41)53-50(39)43)25-23-31(45)21-22-32-24-26-36(30-46(32)49)34-10-6-12-38(28-34)40-16-8-18-44-42-14-2-4-20-48(42)54-51(40)44/h1-20,23-30H,21-22H2. The average Bonchev–Trinajstić information content (AvgIpc) is 3.77. The number of thiophene rings is 2. The Morgan fingerprint density at radius 1 is 0.333 bits per heavy atom. The zero-order valence-corrected chi connectivity index (χ0v) is 30.9. The first-order valence-corrected chi connectivity index (χ1v) is 20.1. The maximum atomic E-state index is 14.5. The summed E-state index contributed by atoms with van der Waals surface area (Å²) >= 11 is 3.71. The van der Waals surface area contributed by atoms with Gasteiger partial charge in [0.15, 0.2) is 5.78 Å². The second kappa shape index (κ2) is 12.5. The molecule has 8 aromatic carbocycles. The number of hydrogen-bond acceptors (Lipinski definition) is 3. The number of carbonyl (C=O) groups is 1. The molecule has 0 atom stereocenters. The van der Waals surface area contributed by atoms with Gasteiger partial charge in [0.2, 0.25) is 0 Å². The van der Waals surface area contributed by atoms with E-state index in [1.807, 2.05) is 22.7 Å². The largest absolute Gasteiger partial charge is 0.289 e. The summed E-state index contributed by atoms with van der Waals surface area (Å²) in [6, 6.07) is 61.1. The summed E-state index contributed by atoms with van der Waals surface area (Å²) in [5.74, 6) is 0.110. The Bertz CT molecular complexity index is 2930. The van der Waals surface area contributed by atoms with E-state index in [0.717, 1.165) is 57.3 Å². The highest BCUT2D eigenvalue weighted by Gasteiger charge is 2.23. The van der Waals surface area contributed by atoms with Gasteiger partial charge in [-0.2, -0.15) is 0 Å². The molecule has 0 saturated carbocycles. The fraction of sp³-hybridized carbons (Fsp3) is 0.0392. The molecule has 1 nitrogen and oxygen atoms in total. The molecule has 0 amide bonds. The highest BCUT2D eigenvalue weighted by Crippen LogP contribution is 2.42. The molecule has 0 unspecified atom stereocenters. The first kappa shape index (κ1) is 31.4. The zero-order valence-electron chi connectivity index (χ0n) is 29.3. The minimum atomic E-state index is 0.110. The summed E-state index contributed by atoms with van der Waals surface area (Å²) in [4.78, 5) is 14.5. The van der Waals surface area contributed by atoms with Crippen LogP contribution in [0.1, 0.15) is 27.0 Å². The van der Waals surface area contributed by atoms with Gasteiger partial charge in [-0.15, -0.1) is 22.7 Å². The van der Waals surface area contributed by atoms with Crippen molar-refractivity contribution in [2.24, 2.45) is 0 Å². The van der Waals surface area contributed by atoms with Gasteiger partial charge < -0.3 is 0 Å². The van der Waals surface area contributed by atoms with Crippen molar-refractivity contribution in [3.8, 4) is 44.5 Å². The average molecular weight is 725 g/mol. The Morgan fingerprint density at radius 3 is 1.24 bits per heavy atom. The molecule has 2 aromatic heterocycles. The van der Waals surface area contributed by atoms with Gasteiger partial charge in [0, 0.05) is 51.5 Å². The van der Waals surface area contributed by atoms with Crippen molar-refractivity contribution in [3.05, 3.63) is 192 Å². The molecule has 0 saturated heterocycles. The second-order valence-electron chi connectivity index (χ2n) is 14.3. The molecule has 0 N–H and O–H groups in total. The third kappa shape index (κ3) is 5.08. The third-order valence-corrected chi connectivity index (χ3v) is 13.6. The number of benzene rings is 8. The first-order valence-electron chi connectivity index (χ1n) is 18.5. The molecule has 0 fully saturated rings. The van der Waals surface area contributed by atoms with Crippen LogP contribution in [0.15, 0.2) is 170 Å². The molecule has 1 aliphatic carbocycles. The molecule has 54 heavy (non-hydrogen) atoms. The van der Waals surface area contributed by atoms with Gasteiger partial charge in [0.25, 0.3) is 0 Å². The van der Waals surface area contributed by atoms with Crippen LogP contribution in [0.5, 0.6) is 0 Å². The van der Waals surface area contributed by atoms with E-state index in [1.165, 1.54) is 62.6 Å². The van der Waals surface area contributed by atoms with Crippen molar-refractivity contribution < 1.29 is 4.79 Å². The molecule has 10 aromatic rings. The Morgan fingerprint density at radius 2 is 0.741 bits per heavy atom. The Kier molecular flexibility index (Phi) is 7.26. The van der Waals surface area contributed by atoms with E-state index in [9.17, 15) is 4.79 Å². The Balaban J connectivity index is 0.951. The number of fused-ring (bicyclic) bond motifs is 8. The molecular weight excluding hydrogens is 693 g/mol. The van der Waals surface area contributed by atoms with E-state index < -0.39 is 0 Å². The monoisotopic (exact) mass is 724 g/mol. The van der Waals surface area contributed by atoms with Crippen LogP contribution in [-0.4, -0.2) is 5.78 Å². The van der Waals surface area contributed by atoms with Crippen LogP contribution in [0.2, 0.25) is 0 Å². The van der Waals surface area contributed by atoms with Crippen LogP contribution >= 0.6 is 22.7 Å². The molecule has 254 valence electrons. The summed E-state index contributed by atoms with van der Waals surface area (Å²) in [6.07, 6.45) is 1.69. The Hall–Kier alpha value is -6.13. The Labute approximate surface area is 321 Å². The molecule has 0 spiro atoms. The van der Waals surface area contributed by atoms with Crippen LogP contribution in [0, 0.1) is 0 Å². The van der Waals surface area contributed by atoms with Gasteiger partial charge in [-0.25, -0.2) is 0 Å². The molecule has 11 rings (SSSR count). The lowest BCUT2D eigenvalue weighted by molar-refractivity contribution is 0.103. The van der Waals surface area contributed by atoms with Gasteiger partial charge in [0.05, 0.1) is 0 Å². The van der Waals surface area contributed by atoms with Crippen molar-refractivity contribution in [1.82, 2.24) is 0 Å². The fourth-order valence-electron chi connectivity index (χ4n) is 8.47. The van der Waals surface area contributed by atoms with Crippen LogP contribution in [0.3, 0.4) is 0 Å². The predicted octanol–water partition coefficient (Wildman–Crippen LogP) is 14.4. The van der Waals surface area contributed by atoms with E-state index in [2.05, 4.69) is 170 Å². The number of ketones is 1.